The molecule has 4 heteroatoms. The van der Waals surface area contributed by atoms with E-state index in [2.05, 4.69) is 6.07 Å². The molecule has 1 aromatic carbocycles. The summed E-state index contributed by atoms with van der Waals surface area (Å²) >= 11 is 5.68. The largest absolute Gasteiger partial charge is 0.301 e. The van der Waals surface area contributed by atoms with E-state index in [-0.39, 0.29) is 10.9 Å². The lowest BCUT2D eigenvalue weighted by Crippen LogP contribution is -2.23. The minimum absolute atomic E-state index is 0.0130. The average Bonchev–Trinajstić information content (AvgIpc) is 2.23. The van der Waals surface area contributed by atoms with Crippen LogP contribution >= 0.6 is 11.6 Å². The maximum Gasteiger partial charge on any atom is 0.141 e. The van der Waals surface area contributed by atoms with Gasteiger partial charge in [-0.2, -0.15) is 5.26 Å². The number of hydrogen-bond acceptors (Lipinski definition) is 2. The Labute approximate surface area is 100 Å². The quantitative estimate of drug-likeness (QED) is 0.809. The van der Waals surface area contributed by atoms with Crippen molar-refractivity contribution in [3.05, 3.63) is 34.6 Å². The van der Waals surface area contributed by atoms with E-state index in [9.17, 15) is 4.39 Å². The third-order valence-corrected chi connectivity index (χ3v) is 2.53. The standard InChI is InChI=1S/C12H14ClFN2/c1-9(6-15)7-16(2)8-10-3-4-12(14)11(13)5-10/h3-5,9H,7-8H2,1-2H3. The van der Waals surface area contributed by atoms with Crippen molar-refractivity contribution in [3.63, 3.8) is 0 Å². The molecule has 0 spiro atoms. The van der Waals surface area contributed by atoms with Crippen LogP contribution in [0.5, 0.6) is 0 Å². The topological polar surface area (TPSA) is 27.0 Å². The molecule has 0 saturated heterocycles. The maximum atomic E-state index is 12.9. The number of hydrogen-bond donors (Lipinski definition) is 0. The lowest BCUT2D eigenvalue weighted by Gasteiger charge is -2.17. The van der Waals surface area contributed by atoms with Gasteiger partial charge in [-0.1, -0.05) is 17.7 Å². The van der Waals surface area contributed by atoms with Gasteiger partial charge in [0.05, 0.1) is 17.0 Å². The lowest BCUT2D eigenvalue weighted by atomic mass is 10.1. The molecule has 0 N–H and O–H groups in total. The Kier molecular flexibility index (Phi) is 4.72. The average molecular weight is 241 g/mol. The molecular formula is C12H14ClFN2. The Bertz CT molecular complexity index is 400. The molecule has 0 heterocycles. The van der Waals surface area contributed by atoms with Gasteiger partial charge in [-0.15, -0.1) is 0 Å². The van der Waals surface area contributed by atoms with Gasteiger partial charge >= 0.3 is 0 Å². The van der Waals surface area contributed by atoms with E-state index in [1.54, 1.807) is 12.1 Å². The van der Waals surface area contributed by atoms with Crippen LogP contribution in [0.4, 0.5) is 4.39 Å². The van der Waals surface area contributed by atoms with Gasteiger partial charge in [-0.3, -0.25) is 0 Å². The minimum atomic E-state index is -0.404. The van der Waals surface area contributed by atoms with Gasteiger partial charge in [0.25, 0.3) is 0 Å². The van der Waals surface area contributed by atoms with Gasteiger partial charge in [0, 0.05) is 13.1 Å². The van der Waals surface area contributed by atoms with Crippen LogP contribution in [0, 0.1) is 23.1 Å². The highest BCUT2D eigenvalue weighted by Crippen LogP contribution is 2.17. The molecule has 86 valence electrons. The van der Waals surface area contributed by atoms with Crippen LogP contribution in [0.25, 0.3) is 0 Å². The molecule has 0 radical (unpaired) electrons. The predicted octanol–water partition coefficient (Wildman–Crippen LogP) is 3.07. The molecule has 2 nitrogen and oxygen atoms in total. The number of nitrogens with zero attached hydrogens (tertiary/aromatic N) is 2. The molecule has 1 rings (SSSR count). The fraction of sp³-hybridized carbons (Fsp3) is 0.417. The first-order valence-corrected chi connectivity index (χ1v) is 5.43. The van der Waals surface area contributed by atoms with Crippen LogP contribution < -0.4 is 0 Å². The van der Waals surface area contributed by atoms with Gasteiger partial charge in [0.15, 0.2) is 0 Å². The summed E-state index contributed by atoms with van der Waals surface area (Å²) in [7, 11) is 1.92. The molecule has 0 bridgehead atoms. The van der Waals surface area contributed by atoms with E-state index < -0.39 is 5.82 Å². The molecule has 0 aliphatic heterocycles. The van der Waals surface area contributed by atoms with Crippen molar-refractivity contribution < 1.29 is 4.39 Å². The summed E-state index contributed by atoms with van der Waals surface area (Å²) in [6, 6.07) is 6.85. The van der Waals surface area contributed by atoms with E-state index >= 15 is 0 Å². The second-order valence-corrected chi connectivity index (χ2v) is 4.38. The van der Waals surface area contributed by atoms with Gasteiger partial charge < -0.3 is 4.90 Å². The first kappa shape index (κ1) is 13.0. The zero-order valence-electron chi connectivity index (χ0n) is 9.37. The van der Waals surface area contributed by atoms with Crippen molar-refractivity contribution in [2.24, 2.45) is 5.92 Å². The SMILES string of the molecule is CC(C#N)CN(C)Cc1ccc(F)c(Cl)c1. The minimum Gasteiger partial charge on any atom is -0.301 e. The van der Waals surface area contributed by atoms with Crippen LogP contribution in [0.2, 0.25) is 5.02 Å². The second-order valence-electron chi connectivity index (χ2n) is 3.98. The maximum absolute atomic E-state index is 12.9. The van der Waals surface area contributed by atoms with Gasteiger partial charge in [-0.25, -0.2) is 4.39 Å². The van der Waals surface area contributed by atoms with Crippen molar-refractivity contribution in [2.75, 3.05) is 13.6 Å². The van der Waals surface area contributed by atoms with Crippen molar-refractivity contribution in [1.82, 2.24) is 4.90 Å². The number of rotatable bonds is 4. The highest BCUT2D eigenvalue weighted by molar-refractivity contribution is 6.30. The predicted molar refractivity (Wildman–Crippen MR) is 62.5 cm³/mol. The van der Waals surface area contributed by atoms with E-state index in [1.807, 2.05) is 18.9 Å². The molecule has 0 saturated carbocycles. The second kappa shape index (κ2) is 5.83. The molecule has 1 aromatic rings. The molecule has 1 unspecified atom stereocenters. The molecule has 16 heavy (non-hydrogen) atoms. The monoisotopic (exact) mass is 240 g/mol. The molecular weight excluding hydrogens is 227 g/mol. The van der Waals surface area contributed by atoms with E-state index in [4.69, 9.17) is 16.9 Å². The van der Waals surface area contributed by atoms with E-state index in [0.717, 1.165) is 5.56 Å². The summed E-state index contributed by atoms with van der Waals surface area (Å²) in [5.41, 5.74) is 0.944. The summed E-state index contributed by atoms with van der Waals surface area (Å²) in [5.74, 6) is -0.417. The van der Waals surface area contributed by atoms with Gasteiger partial charge in [-0.05, 0) is 31.7 Å². The zero-order chi connectivity index (χ0) is 12.1. The van der Waals surface area contributed by atoms with Crippen LogP contribution in [0.3, 0.4) is 0 Å². The number of halogens is 2. The van der Waals surface area contributed by atoms with Crippen molar-refractivity contribution >= 4 is 11.6 Å². The van der Waals surface area contributed by atoms with E-state index in [0.29, 0.717) is 13.1 Å². The molecule has 0 fully saturated rings. The fourth-order valence-corrected chi connectivity index (χ4v) is 1.73. The summed E-state index contributed by atoms with van der Waals surface area (Å²) in [6.45, 7) is 3.21. The smallest absolute Gasteiger partial charge is 0.141 e. The van der Waals surface area contributed by atoms with Crippen LogP contribution in [-0.2, 0) is 6.54 Å². The van der Waals surface area contributed by atoms with E-state index in [1.165, 1.54) is 6.07 Å². The molecule has 1 atom stereocenters. The van der Waals surface area contributed by atoms with Gasteiger partial charge in [0.1, 0.15) is 5.82 Å². The van der Waals surface area contributed by atoms with Gasteiger partial charge in [0.2, 0.25) is 0 Å². The Balaban J connectivity index is 2.60. The molecule has 0 aliphatic rings. The molecule has 0 amide bonds. The zero-order valence-corrected chi connectivity index (χ0v) is 10.1. The first-order valence-electron chi connectivity index (χ1n) is 5.05. The Morgan fingerprint density at radius 1 is 1.56 bits per heavy atom. The number of benzene rings is 1. The summed E-state index contributed by atoms with van der Waals surface area (Å²) in [6.07, 6.45) is 0. The Morgan fingerprint density at radius 2 is 2.25 bits per heavy atom. The van der Waals surface area contributed by atoms with Crippen molar-refractivity contribution in [3.8, 4) is 6.07 Å². The third kappa shape index (κ3) is 3.80. The van der Waals surface area contributed by atoms with Crippen LogP contribution in [0.15, 0.2) is 18.2 Å². The third-order valence-electron chi connectivity index (χ3n) is 2.24. The Hall–Kier alpha value is -1.11. The molecule has 0 aliphatic carbocycles. The summed E-state index contributed by atoms with van der Waals surface area (Å²) in [4.78, 5) is 2.01. The summed E-state index contributed by atoms with van der Waals surface area (Å²) in [5, 5.41) is 8.82. The summed E-state index contributed by atoms with van der Waals surface area (Å²) < 4.78 is 12.9. The van der Waals surface area contributed by atoms with Crippen molar-refractivity contribution in [1.29, 1.82) is 5.26 Å². The Morgan fingerprint density at radius 3 is 2.81 bits per heavy atom. The lowest BCUT2D eigenvalue weighted by molar-refractivity contribution is 0.303. The first-order chi connectivity index (χ1) is 7.52. The highest BCUT2D eigenvalue weighted by Gasteiger charge is 2.07. The fourth-order valence-electron chi connectivity index (χ4n) is 1.52. The normalized spacial score (nSPS) is 12.5. The number of nitriles is 1. The van der Waals surface area contributed by atoms with Crippen LogP contribution in [-0.4, -0.2) is 18.5 Å². The van der Waals surface area contributed by atoms with Crippen LogP contribution in [0.1, 0.15) is 12.5 Å². The highest BCUT2D eigenvalue weighted by atomic mass is 35.5. The molecule has 0 aromatic heterocycles. The van der Waals surface area contributed by atoms with Crippen molar-refractivity contribution in [2.45, 2.75) is 13.5 Å².